The zero-order chi connectivity index (χ0) is 16.4. The number of carbonyl (C=O) groups excluding carboxylic acids is 1. The number of hydrogen-bond acceptors (Lipinski definition) is 3. The lowest BCUT2D eigenvalue weighted by Crippen LogP contribution is -2.16. The molecule has 0 spiro atoms. The van der Waals surface area contributed by atoms with Gasteiger partial charge in [-0.2, -0.15) is 5.10 Å². The Morgan fingerprint density at radius 2 is 1.83 bits per heavy atom. The van der Waals surface area contributed by atoms with Gasteiger partial charge in [0.05, 0.1) is 21.3 Å². The second kappa shape index (κ2) is 6.89. The van der Waals surface area contributed by atoms with Gasteiger partial charge in [0.15, 0.2) is 0 Å². The first-order chi connectivity index (χ1) is 11.1. The number of hydrazone groups is 1. The predicted octanol–water partition coefficient (Wildman–Crippen LogP) is 5.63. The normalized spacial score (nSPS) is 11.3. The van der Waals surface area contributed by atoms with Crippen molar-refractivity contribution < 1.29 is 4.79 Å². The van der Waals surface area contributed by atoms with Gasteiger partial charge in [0.2, 0.25) is 0 Å². The summed E-state index contributed by atoms with van der Waals surface area (Å²) in [5.74, 6) is -0.370. The van der Waals surface area contributed by atoms with E-state index in [1.54, 1.807) is 18.2 Å². The summed E-state index contributed by atoms with van der Waals surface area (Å²) in [6.07, 6.45) is 1.44. The average molecular weight is 384 g/mol. The van der Waals surface area contributed by atoms with E-state index in [2.05, 4.69) is 10.5 Å². The molecule has 1 N–H and O–H groups in total. The fourth-order valence-electron chi connectivity index (χ4n) is 1.99. The van der Waals surface area contributed by atoms with E-state index in [-0.39, 0.29) is 5.91 Å². The van der Waals surface area contributed by atoms with Gasteiger partial charge in [0.25, 0.3) is 5.91 Å². The number of fused-ring (bicyclic) bond motifs is 1. The molecule has 1 amide bonds. The van der Waals surface area contributed by atoms with Crippen LogP contribution < -0.4 is 5.43 Å². The second-order valence-electron chi connectivity index (χ2n) is 4.58. The molecule has 1 aromatic heterocycles. The highest BCUT2D eigenvalue weighted by molar-refractivity contribution is 7.21. The van der Waals surface area contributed by atoms with Gasteiger partial charge in [0.1, 0.15) is 4.88 Å². The summed E-state index contributed by atoms with van der Waals surface area (Å²) in [5, 5.41) is 6.00. The molecule has 0 atom stereocenters. The van der Waals surface area contributed by atoms with Gasteiger partial charge in [-0.1, -0.05) is 65.1 Å². The van der Waals surface area contributed by atoms with Gasteiger partial charge in [0, 0.05) is 15.6 Å². The Kier molecular flexibility index (Phi) is 4.87. The van der Waals surface area contributed by atoms with Crippen LogP contribution in [0.25, 0.3) is 10.1 Å². The van der Waals surface area contributed by atoms with Gasteiger partial charge in [-0.3, -0.25) is 4.79 Å². The largest absolute Gasteiger partial charge is 0.283 e. The lowest BCUT2D eigenvalue weighted by molar-refractivity contribution is 0.0959. The van der Waals surface area contributed by atoms with Crippen molar-refractivity contribution in [2.45, 2.75) is 0 Å². The van der Waals surface area contributed by atoms with Gasteiger partial charge >= 0.3 is 0 Å². The maximum Gasteiger partial charge on any atom is 0.283 e. The molecule has 0 aliphatic carbocycles. The molecule has 0 aliphatic heterocycles. The molecule has 0 fully saturated rings. The molecule has 0 aliphatic rings. The highest BCUT2D eigenvalue weighted by Gasteiger charge is 2.16. The monoisotopic (exact) mass is 382 g/mol. The number of nitrogens with one attached hydrogen (secondary N) is 1. The Hall–Kier alpha value is -1.59. The Bertz CT molecular complexity index is 921. The van der Waals surface area contributed by atoms with Crippen LogP contribution in [0.4, 0.5) is 0 Å². The summed E-state index contributed by atoms with van der Waals surface area (Å²) in [4.78, 5) is 12.6. The van der Waals surface area contributed by atoms with Crippen LogP contribution in [0, 0.1) is 0 Å². The summed E-state index contributed by atoms with van der Waals surface area (Å²) in [5.41, 5.74) is 3.06. The van der Waals surface area contributed by atoms with Crippen molar-refractivity contribution in [1.29, 1.82) is 0 Å². The van der Waals surface area contributed by atoms with Crippen LogP contribution in [0.5, 0.6) is 0 Å². The molecular formula is C16H9Cl3N2OS. The molecule has 23 heavy (non-hydrogen) atoms. The van der Waals surface area contributed by atoms with Gasteiger partial charge in [-0.05, 0) is 12.1 Å². The number of halogens is 3. The van der Waals surface area contributed by atoms with Crippen molar-refractivity contribution in [3.63, 3.8) is 0 Å². The zero-order valence-corrected chi connectivity index (χ0v) is 14.6. The summed E-state index contributed by atoms with van der Waals surface area (Å²) in [7, 11) is 0. The Labute approximate surface area is 151 Å². The second-order valence-corrected chi connectivity index (χ2v) is 6.80. The number of benzene rings is 2. The highest BCUT2D eigenvalue weighted by Crippen LogP contribution is 2.34. The van der Waals surface area contributed by atoms with Crippen molar-refractivity contribution >= 4 is 68.3 Å². The first-order valence-electron chi connectivity index (χ1n) is 6.52. The lowest BCUT2D eigenvalue weighted by atomic mass is 10.2. The Morgan fingerprint density at radius 1 is 1.04 bits per heavy atom. The standard InChI is InChI=1S/C16H9Cl3N2OS/c17-11-6-3-4-9(13(11)18)8-20-21-16(22)15-14(19)10-5-1-2-7-12(10)23-15/h1-8H,(H,21,22). The molecule has 3 rings (SSSR count). The van der Waals surface area contributed by atoms with E-state index >= 15 is 0 Å². The topological polar surface area (TPSA) is 41.5 Å². The summed E-state index contributed by atoms with van der Waals surface area (Å²) >= 11 is 19.5. The van der Waals surface area contributed by atoms with Crippen molar-refractivity contribution in [1.82, 2.24) is 5.43 Å². The summed E-state index contributed by atoms with van der Waals surface area (Å²) < 4.78 is 0.949. The van der Waals surface area contributed by atoms with Crippen LogP contribution in [0.15, 0.2) is 47.6 Å². The molecule has 7 heteroatoms. The fraction of sp³-hybridized carbons (Fsp3) is 0. The van der Waals surface area contributed by atoms with Crippen LogP contribution in [-0.2, 0) is 0 Å². The van der Waals surface area contributed by atoms with Crippen LogP contribution in [0.1, 0.15) is 15.2 Å². The van der Waals surface area contributed by atoms with Crippen molar-refractivity contribution in [3.8, 4) is 0 Å². The molecule has 116 valence electrons. The first kappa shape index (κ1) is 16.3. The number of nitrogens with zero attached hydrogens (tertiary/aromatic N) is 1. The third kappa shape index (κ3) is 3.35. The molecule has 1 heterocycles. The summed E-state index contributed by atoms with van der Waals surface area (Å²) in [6, 6.07) is 12.7. The average Bonchev–Trinajstić information content (AvgIpc) is 2.89. The summed E-state index contributed by atoms with van der Waals surface area (Å²) in [6.45, 7) is 0. The zero-order valence-electron chi connectivity index (χ0n) is 11.5. The molecule has 2 aromatic carbocycles. The molecule has 0 bridgehead atoms. The van der Waals surface area contributed by atoms with E-state index < -0.39 is 0 Å². The molecule has 3 aromatic rings. The molecular weight excluding hydrogens is 375 g/mol. The van der Waals surface area contributed by atoms with Crippen LogP contribution >= 0.6 is 46.1 Å². The number of thiophene rings is 1. The minimum Gasteiger partial charge on any atom is -0.266 e. The van der Waals surface area contributed by atoms with E-state index in [9.17, 15) is 4.79 Å². The van der Waals surface area contributed by atoms with E-state index in [1.165, 1.54) is 17.6 Å². The highest BCUT2D eigenvalue weighted by atomic mass is 35.5. The lowest BCUT2D eigenvalue weighted by Gasteiger charge is -2.00. The Balaban J connectivity index is 1.80. The van der Waals surface area contributed by atoms with Crippen LogP contribution in [-0.4, -0.2) is 12.1 Å². The molecule has 0 saturated heterocycles. The van der Waals surface area contributed by atoms with Gasteiger partial charge in [-0.15, -0.1) is 11.3 Å². The minimum atomic E-state index is -0.370. The third-order valence-electron chi connectivity index (χ3n) is 3.09. The molecule has 0 saturated carbocycles. The SMILES string of the molecule is O=C(NN=Cc1cccc(Cl)c1Cl)c1sc2ccccc2c1Cl. The molecule has 0 radical (unpaired) electrons. The van der Waals surface area contributed by atoms with E-state index in [4.69, 9.17) is 34.8 Å². The van der Waals surface area contributed by atoms with Crippen LogP contribution in [0.2, 0.25) is 15.1 Å². The maximum atomic E-state index is 12.2. The number of hydrogen-bond donors (Lipinski definition) is 1. The van der Waals surface area contributed by atoms with Gasteiger partial charge < -0.3 is 0 Å². The number of carbonyl (C=O) groups is 1. The van der Waals surface area contributed by atoms with E-state index in [1.807, 2.05) is 24.3 Å². The Morgan fingerprint density at radius 3 is 2.61 bits per heavy atom. The molecule has 0 unspecified atom stereocenters. The maximum absolute atomic E-state index is 12.2. The number of amides is 1. The quantitative estimate of drug-likeness (QED) is 0.462. The predicted molar refractivity (Wildman–Crippen MR) is 98.4 cm³/mol. The number of rotatable bonds is 3. The fourth-order valence-corrected chi connectivity index (χ4v) is 3.75. The third-order valence-corrected chi connectivity index (χ3v) is 5.60. The van der Waals surface area contributed by atoms with E-state index in [0.717, 1.165) is 10.1 Å². The smallest absolute Gasteiger partial charge is 0.266 e. The van der Waals surface area contributed by atoms with Gasteiger partial charge in [-0.25, -0.2) is 5.43 Å². The van der Waals surface area contributed by atoms with Crippen molar-refractivity contribution in [2.24, 2.45) is 5.10 Å². The van der Waals surface area contributed by atoms with Crippen molar-refractivity contribution in [2.75, 3.05) is 0 Å². The first-order valence-corrected chi connectivity index (χ1v) is 8.47. The van der Waals surface area contributed by atoms with Crippen molar-refractivity contribution in [3.05, 3.63) is 68.0 Å². The van der Waals surface area contributed by atoms with Crippen LogP contribution in [0.3, 0.4) is 0 Å². The minimum absolute atomic E-state index is 0.370. The molecule has 3 nitrogen and oxygen atoms in total. The van der Waals surface area contributed by atoms with E-state index in [0.29, 0.717) is 25.5 Å².